The largest absolute Gasteiger partial charge is 0.462 e. The number of aliphatic hydroxyl groups is 2. The molecule has 6 heteroatoms. The number of carbonyl (C=O) groups is 2. The quantitative estimate of drug-likeness (QED) is 0.0245. The molecule has 0 aliphatic carbocycles. The second-order valence-electron chi connectivity index (χ2n) is 18.0. The molecule has 0 radical (unpaired) electrons. The van der Waals surface area contributed by atoms with Gasteiger partial charge in [-0.3, -0.25) is 9.59 Å². The molecule has 1 amide bonds. The molecule has 0 saturated heterocycles. The molecule has 360 valence electrons. The molecule has 0 spiro atoms. The Balaban J connectivity index is 4.65. The van der Waals surface area contributed by atoms with Crippen LogP contribution in [-0.2, 0) is 14.3 Å². The van der Waals surface area contributed by atoms with Gasteiger partial charge < -0.3 is 20.3 Å². The van der Waals surface area contributed by atoms with Crippen molar-refractivity contribution in [3.05, 3.63) is 60.8 Å². The predicted molar refractivity (Wildman–Crippen MR) is 268 cm³/mol. The Morgan fingerprint density at radius 2 is 0.887 bits per heavy atom. The third kappa shape index (κ3) is 44.2. The van der Waals surface area contributed by atoms with Gasteiger partial charge in [-0.2, -0.15) is 0 Å². The molecular weight excluding hydrogens is 767 g/mol. The smallest absolute Gasteiger partial charge is 0.306 e. The highest BCUT2D eigenvalue weighted by Crippen LogP contribution is 2.18. The molecule has 3 atom stereocenters. The summed E-state index contributed by atoms with van der Waals surface area (Å²) in [5.74, 6) is -0.512. The third-order valence-corrected chi connectivity index (χ3v) is 11.9. The zero-order chi connectivity index (χ0) is 45.2. The molecule has 0 heterocycles. The van der Waals surface area contributed by atoms with Crippen molar-refractivity contribution >= 4 is 11.9 Å². The second kappa shape index (κ2) is 49.6. The maximum absolute atomic E-state index is 13.2. The van der Waals surface area contributed by atoms with Crippen molar-refractivity contribution < 1.29 is 24.5 Å². The van der Waals surface area contributed by atoms with Crippen LogP contribution in [0.2, 0.25) is 0 Å². The van der Waals surface area contributed by atoms with E-state index in [0.29, 0.717) is 19.3 Å². The van der Waals surface area contributed by atoms with Crippen LogP contribution in [0.4, 0.5) is 0 Å². The molecule has 0 fully saturated rings. The minimum atomic E-state index is -0.797. The van der Waals surface area contributed by atoms with Crippen molar-refractivity contribution in [2.24, 2.45) is 0 Å². The van der Waals surface area contributed by atoms with Crippen molar-refractivity contribution in [2.45, 2.75) is 277 Å². The first-order valence-electron chi connectivity index (χ1n) is 26.6. The number of hydrogen-bond donors (Lipinski definition) is 3. The Labute approximate surface area is 384 Å². The van der Waals surface area contributed by atoms with Gasteiger partial charge in [0.1, 0.15) is 6.10 Å². The summed E-state index contributed by atoms with van der Waals surface area (Å²) in [6.45, 7) is 6.34. The molecule has 0 saturated carbocycles. The van der Waals surface area contributed by atoms with Crippen LogP contribution in [0.25, 0.3) is 0 Å². The van der Waals surface area contributed by atoms with Gasteiger partial charge in [0.25, 0.3) is 0 Å². The van der Waals surface area contributed by atoms with E-state index >= 15 is 0 Å². The van der Waals surface area contributed by atoms with Gasteiger partial charge in [0, 0.05) is 6.42 Å². The fraction of sp³-hybridized carbons (Fsp3) is 0.786. The fourth-order valence-electron chi connectivity index (χ4n) is 7.91. The van der Waals surface area contributed by atoms with E-state index in [1.165, 1.54) is 116 Å². The first kappa shape index (κ1) is 59.6. The van der Waals surface area contributed by atoms with Crippen molar-refractivity contribution in [1.82, 2.24) is 5.32 Å². The summed E-state index contributed by atoms with van der Waals surface area (Å²) in [7, 11) is 0. The first-order chi connectivity index (χ1) is 30.5. The van der Waals surface area contributed by atoms with Crippen molar-refractivity contribution in [2.75, 3.05) is 6.61 Å². The topological polar surface area (TPSA) is 95.9 Å². The van der Waals surface area contributed by atoms with E-state index in [9.17, 15) is 19.8 Å². The molecule has 6 nitrogen and oxygen atoms in total. The van der Waals surface area contributed by atoms with Crippen LogP contribution in [0.15, 0.2) is 60.8 Å². The number of carbonyl (C=O) groups excluding carboxylic acids is 2. The van der Waals surface area contributed by atoms with Gasteiger partial charge in [-0.15, -0.1) is 0 Å². The SMILES string of the molecule is CC/C=C/C=C/C=C/C=C\CCCCCCCC(=O)OC(CCCCC/C=C/CCCCCCCCCCC)CC(=O)NC(CO)C(O)CCCCCCCCCCCCCC. The summed E-state index contributed by atoms with van der Waals surface area (Å²) in [6, 6.07) is -0.712. The lowest BCUT2D eigenvalue weighted by molar-refractivity contribution is -0.151. The average Bonchev–Trinajstić information content (AvgIpc) is 3.26. The van der Waals surface area contributed by atoms with Crippen LogP contribution < -0.4 is 5.32 Å². The molecule has 0 rings (SSSR count). The molecule has 0 aliphatic rings. The number of allylic oxidation sites excluding steroid dienone is 10. The van der Waals surface area contributed by atoms with Gasteiger partial charge in [-0.1, -0.05) is 236 Å². The van der Waals surface area contributed by atoms with Crippen LogP contribution in [0.5, 0.6) is 0 Å². The highest BCUT2D eigenvalue weighted by atomic mass is 16.5. The number of hydrogen-bond acceptors (Lipinski definition) is 5. The Bertz CT molecular complexity index is 1110. The standard InChI is InChI=1S/C56H101NO5/c1-4-7-10-13-16-19-22-25-27-29-30-32-35-38-41-44-47-52(62-56(61)49-46-43-40-37-34-31-28-26-23-20-17-14-11-8-5-2)50-55(60)57-53(51-58)54(59)48-45-42-39-36-33-24-21-18-15-12-9-6-3/h8,11,14,17,20,23,26,28,30,32,52-54,58-59H,4-7,9-10,12-13,15-16,18-19,21-22,24-25,27,29,31,33-51H2,1-3H3,(H,57,60)/b11-8+,17-14+,23-20+,28-26-,32-30+. The van der Waals surface area contributed by atoms with E-state index in [4.69, 9.17) is 4.74 Å². The Morgan fingerprint density at radius 3 is 1.39 bits per heavy atom. The maximum atomic E-state index is 13.2. The van der Waals surface area contributed by atoms with Crippen LogP contribution in [0, 0.1) is 0 Å². The van der Waals surface area contributed by atoms with Crippen molar-refractivity contribution in [1.29, 1.82) is 0 Å². The van der Waals surface area contributed by atoms with Crippen molar-refractivity contribution in [3.8, 4) is 0 Å². The van der Waals surface area contributed by atoms with Crippen LogP contribution in [0.1, 0.15) is 258 Å². The number of esters is 1. The van der Waals surface area contributed by atoms with E-state index in [0.717, 1.165) is 96.3 Å². The summed E-state index contributed by atoms with van der Waals surface area (Å²) in [5.41, 5.74) is 0. The molecule has 3 N–H and O–H groups in total. The maximum Gasteiger partial charge on any atom is 0.306 e. The lowest BCUT2D eigenvalue weighted by atomic mass is 10.0. The number of unbranched alkanes of at least 4 members (excludes halogenated alkanes) is 28. The molecule has 3 unspecified atom stereocenters. The minimum Gasteiger partial charge on any atom is -0.462 e. The summed E-state index contributed by atoms with van der Waals surface area (Å²) < 4.78 is 5.93. The Morgan fingerprint density at radius 1 is 0.484 bits per heavy atom. The Kier molecular flexibility index (Phi) is 47.6. The van der Waals surface area contributed by atoms with Gasteiger partial charge in [-0.05, 0) is 70.6 Å². The van der Waals surface area contributed by atoms with Gasteiger partial charge in [0.15, 0.2) is 0 Å². The minimum absolute atomic E-state index is 0.0567. The first-order valence-corrected chi connectivity index (χ1v) is 26.6. The van der Waals surface area contributed by atoms with Gasteiger partial charge >= 0.3 is 5.97 Å². The van der Waals surface area contributed by atoms with Crippen molar-refractivity contribution in [3.63, 3.8) is 0 Å². The monoisotopic (exact) mass is 868 g/mol. The average molecular weight is 868 g/mol. The molecule has 0 aromatic rings. The molecule has 0 aromatic heterocycles. The van der Waals surface area contributed by atoms with E-state index in [1.807, 2.05) is 18.2 Å². The lowest BCUT2D eigenvalue weighted by Gasteiger charge is -2.24. The number of nitrogens with one attached hydrogen (secondary N) is 1. The van der Waals surface area contributed by atoms with E-state index in [2.05, 4.69) is 68.6 Å². The molecule has 0 aliphatic heterocycles. The highest BCUT2D eigenvalue weighted by molar-refractivity contribution is 5.77. The van der Waals surface area contributed by atoms with E-state index in [1.54, 1.807) is 0 Å². The van der Waals surface area contributed by atoms with E-state index in [-0.39, 0.29) is 24.9 Å². The summed E-state index contributed by atoms with van der Waals surface area (Å²) >= 11 is 0. The normalized spacial score (nSPS) is 13.7. The number of amides is 1. The Hall–Kier alpha value is -2.44. The summed E-state index contributed by atoms with van der Waals surface area (Å²) in [5, 5.41) is 23.8. The molecular formula is C56H101NO5. The summed E-state index contributed by atoms with van der Waals surface area (Å²) in [6.07, 6.45) is 61.3. The molecule has 0 aromatic carbocycles. The third-order valence-electron chi connectivity index (χ3n) is 11.9. The molecule has 0 bridgehead atoms. The van der Waals surface area contributed by atoms with Gasteiger partial charge in [0.2, 0.25) is 5.91 Å². The van der Waals surface area contributed by atoms with Gasteiger partial charge in [0.05, 0.1) is 25.2 Å². The lowest BCUT2D eigenvalue weighted by Crippen LogP contribution is -2.46. The summed E-state index contributed by atoms with van der Waals surface area (Å²) in [4.78, 5) is 26.2. The molecule has 62 heavy (non-hydrogen) atoms. The van der Waals surface area contributed by atoms with Gasteiger partial charge in [-0.25, -0.2) is 0 Å². The van der Waals surface area contributed by atoms with Crippen LogP contribution in [-0.4, -0.2) is 46.9 Å². The zero-order valence-electron chi connectivity index (χ0n) is 41.0. The predicted octanol–water partition coefficient (Wildman–Crippen LogP) is 16.0. The zero-order valence-corrected chi connectivity index (χ0v) is 41.0. The number of aliphatic hydroxyl groups excluding tert-OH is 2. The second-order valence-corrected chi connectivity index (χ2v) is 18.0. The number of ether oxygens (including phenoxy) is 1. The fourth-order valence-corrected chi connectivity index (χ4v) is 7.91. The van der Waals surface area contributed by atoms with Crippen LogP contribution in [0.3, 0.4) is 0 Å². The number of rotatable bonds is 47. The van der Waals surface area contributed by atoms with E-state index < -0.39 is 18.2 Å². The highest BCUT2D eigenvalue weighted by Gasteiger charge is 2.24. The van der Waals surface area contributed by atoms with Crippen LogP contribution >= 0.6 is 0 Å².